The molecule has 0 aliphatic heterocycles. The number of hydrogen-bond acceptors (Lipinski definition) is 3. The molecule has 140 valence electrons. The number of thiophene rings is 1. The van der Waals surface area contributed by atoms with E-state index in [9.17, 15) is 13.0 Å². The molecule has 0 atom stereocenters. The van der Waals surface area contributed by atoms with Crippen LogP contribution in [0.4, 0.5) is 0 Å². The maximum atomic E-state index is 11.7. The highest BCUT2D eigenvalue weighted by Gasteiger charge is 2.15. The van der Waals surface area contributed by atoms with Crippen LogP contribution < -0.4 is 0 Å². The van der Waals surface area contributed by atoms with Crippen molar-refractivity contribution in [1.82, 2.24) is 0 Å². The lowest BCUT2D eigenvalue weighted by atomic mass is 9.99. The van der Waals surface area contributed by atoms with Crippen LogP contribution in [0.2, 0.25) is 0 Å². The smallest absolute Gasteiger partial charge is 0.282 e. The molecule has 1 N–H and O–H groups in total. The zero-order valence-electron chi connectivity index (χ0n) is 15.3. The second kappa shape index (κ2) is 8.21. The molecular weight excluding hydrogens is 376 g/mol. The van der Waals surface area contributed by atoms with E-state index in [2.05, 4.69) is 36.6 Å². The third-order valence-corrected chi connectivity index (χ3v) is 6.45. The predicted molar refractivity (Wildman–Crippen MR) is 112 cm³/mol. The predicted octanol–water partition coefficient (Wildman–Crippen LogP) is 5.68. The van der Waals surface area contributed by atoms with E-state index in [1.807, 2.05) is 31.2 Å². The van der Waals surface area contributed by atoms with Crippen molar-refractivity contribution in [3.8, 4) is 0 Å². The first-order valence-electron chi connectivity index (χ1n) is 8.73. The van der Waals surface area contributed by atoms with Crippen LogP contribution in [0.25, 0.3) is 5.57 Å². The fourth-order valence-corrected chi connectivity index (χ4v) is 4.86. The van der Waals surface area contributed by atoms with Gasteiger partial charge in [-0.05, 0) is 66.5 Å². The second-order valence-electron chi connectivity index (χ2n) is 6.54. The highest BCUT2D eigenvalue weighted by molar-refractivity contribution is 7.85. The highest BCUT2D eigenvalue weighted by Crippen LogP contribution is 2.31. The molecule has 0 saturated heterocycles. The van der Waals surface area contributed by atoms with Crippen LogP contribution in [-0.4, -0.2) is 13.0 Å². The van der Waals surface area contributed by atoms with Gasteiger partial charge in [0.2, 0.25) is 0 Å². The lowest BCUT2D eigenvalue weighted by Gasteiger charge is -2.10. The number of aryl methyl sites for hydroxylation is 3. The van der Waals surface area contributed by atoms with Gasteiger partial charge in [-0.3, -0.25) is 4.55 Å². The minimum atomic E-state index is -4.22. The topological polar surface area (TPSA) is 54.4 Å². The largest absolute Gasteiger partial charge is 0.294 e. The Balaban J connectivity index is 1.93. The van der Waals surface area contributed by atoms with Crippen LogP contribution in [0.1, 0.15) is 33.6 Å². The monoisotopic (exact) mass is 398 g/mol. The number of benzene rings is 2. The number of allylic oxidation sites excluding steroid dienone is 1. The molecule has 27 heavy (non-hydrogen) atoms. The Hall–Kier alpha value is -2.21. The molecule has 1 aromatic heterocycles. The van der Waals surface area contributed by atoms with Gasteiger partial charge in [0.1, 0.15) is 0 Å². The van der Waals surface area contributed by atoms with Gasteiger partial charge < -0.3 is 0 Å². The Morgan fingerprint density at radius 2 is 1.81 bits per heavy atom. The van der Waals surface area contributed by atoms with Crippen molar-refractivity contribution < 1.29 is 13.0 Å². The summed E-state index contributed by atoms with van der Waals surface area (Å²) in [6.45, 7) is 4.01. The summed E-state index contributed by atoms with van der Waals surface area (Å²) < 4.78 is 32.8. The van der Waals surface area contributed by atoms with Crippen molar-refractivity contribution in [2.75, 3.05) is 0 Å². The van der Waals surface area contributed by atoms with Gasteiger partial charge in [0.25, 0.3) is 10.1 Å². The molecule has 0 spiro atoms. The molecule has 0 bridgehead atoms. The van der Waals surface area contributed by atoms with Crippen LogP contribution in [0.15, 0.2) is 70.9 Å². The SMILES string of the molecule is Cc1ccc(S(=O)(=O)O)c(CC/C=C(\c2ccccc2)c2sccc2C)c1. The van der Waals surface area contributed by atoms with Crippen LogP contribution in [0.3, 0.4) is 0 Å². The summed E-state index contributed by atoms with van der Waals surface area (Å²) in [6, 6.07) is 17.3. The van der Waals surface area contributed by atoms with E-state index in [-0.39, 0.29) is 4.90 Å². The normalized spacial score (nSPS) is 12.3. The van der Waals surface area contributed by atoms with E-state index in [1.165, 1.54) is 16.5 Å². The Kier molecular flexibility index (Phi) is 5.95. The molecule has 0 saturated carbocycles. The van der Waals surface area contributed by atoms with Gasteiger partial charge in [-0.25, -0.2) is 0 Å². The van der Waals surface area contributed by atoms with Crippen molar-refractivity contribution >= 4 is 27.0 Å². The van der Waals surface area contributed by atoms with Crippen LogP contribution >= 0.6 is 11.3 Å². The van der Waals surface area contributed by atoms with E-state index in [0.717, 1.165) is 16.7 Å². The first kappa shape index (κ1) is 19.5. The summed E-state index contributed by atoms with van der Waals surface area (Å²) in [5, 5.41) is 2.08. The van der Waals surface area contributed by atoms with E-state index < -0.39 is 10.1 Å². The maximum absolute atomic E-state index is 11.7. The molecule has 5 heteroatoms. The van der Waals surface area contributed by atoms with Crippen molar-refractivity contribution in [2.45, 2.75) is 31.6 Å². The molecular formula is C22H22O3S2. The molecule has 0 aliphatic rings. The number of rotatable bonds is 6. The summed E-state index contributed by atoms with van der Waals surface area (Å²) >= 11 is 1.70. The Bertz CT molecular complexity index is 1060. The van der Waals surface area contributed by atoms with Crippen LogP contribution in [0, 0.1) is 13.8 Å². The van der Waals surface area contributed by atoms with E-state index >= 15 is 0 Å². The molecule has 3 nitrogen and oxygen atoms in total. The van der Waals surface area contributed by atoms with Gasteiger partial charge in [0.05, 0.1) is 4.90 Å². The van der Waals surface area contributed by atoms with Gasteiger partial charge in [-0.1, -0.05) is 54.1 Å². The van der Waals surface area contributed by atoms with Crippen molar-refractivity contribution in [3.63, 3.8) is 0 Å². The first-order valence-corrected chi connectivity index (χ1v) is 11.1. The Morgan fingerprint density at radius 3 is 2.44 bits per heavy atom. The van der Waals surface area contributed by atoms with E-state index in [4.69, 9.17) is 0 Å². The average molecular weight is 399 g/mol. The Labute approximate surface area is 164 Å². The molecule has 0 aliphatic carbocycles. The third kappa shape index (κ3) is 4.75. The molecule has 3 rings (SSSR count). The average Bonchev–Trinajstić information content (AvgIpc) is 3.04. The lowest BCUT2D eigenvalue weighted by Crippen LogP contribution is -2.03. The van der Waals surface area contributed by atoms with Crippen molar-refractivity contribution in [1.29, 1.82) is 0 Å². The lowest BCUT2D eigenvalue weighted by molar-refractivity contribution is 0.482. The van der Waals surface area contributed by atoms with E-state index in [0.29, 0.717) is 18.4 Å². The van der Waals surface area contributed by atoms with Crippen LogP contribution in [0.5, 0.6) is 0 Å². The standard InChI is InChI=1S/C22H22O3S2/c1-16-11-12-21(27(23,24)25)19(15-16)9-6-10-20(18-7-4-3-5-8-18)22-17(2)13-14-26-22/h3-5,7-8,10-15H,6,9H2,1-2H3,(H,23,24,25)/b20-10+. The molecule has 0 fully saturated rings. The maximum Gasteiger partial charge on any atom is 0.294 e. The molecule has 2 aromatic carbocycles. The van der Waals surface area contributed by atoms with E-state index in [1.54, 1.807) is 17.4 Å². The van der Waals surface area contributed by atoms with Gasteiger partial charge in [0.15, 0.2) is 0 Å². The third-order valence-electron chi connectivity index (χ3n) is 4.45. The fraction of sp³-hybridized carbons (Fsp3) is 0.182. The minimum absolute atomic E-state index is 0.00457. The number of hydrogen-bond donors (Lipinski definition) is 1. The second-order valence-corrected chi connectivity index (χ2v) is 8.85. The zero-order valence-corrected chi connectivity index (χ0v) is 17.0. The summed E-state index contributed by atoms with van der Waals surface area (Å²) in [7, 11) is -4.22. The van der Waals surface area contributed by atoms with Crippen molar-refractivity contribution in [3.05, 3.63) is 93.2 Å². The van der Waals surface area contributed by atoms with Gasteiger partial charge in [0, 0.05) is 4.88 Å². The van der Waals surface area contributed by atoms with Gasteiger partial charge >= 0.3 is 0 Å². The van der Waals surface area contributed by atoms with Gasteiger partial charge in [-0.2, -0.15) is 8.42 Å². The first-order chi connectivity index (χ1) is 12.9. The molecule has 1 heterocycles. The summed E-state index contributed by atoms with van der Waals surface area (Å²) in [4.78, 5) is 1.22. The zero-order chi connectivity index (χ0) is 19.4. The highest BCUT2D eigenvalue weighted by atomic mass is 32.2. The summed E-state index contributed by atoms with van der Waals surface area (Å²) in [5.74, 6) is 0. The summed E-state index contributed by atoms with van der Waals surface area (Å²) in [5.41, 5.74) is 5.14. The molecule has 0 radical (unpaired) electrons. The molecule has 3 aromatic rings. The van der Waals surface area contributed by atoms with Crippen molar-refractivity contribution in [2.24, 2.45) is 0 Å². The van der Waals surface area contributed by atoms with Gasteiger partial charge in [-0.15, -0.1) is 11.3 Å². The molecule has 0 unspecified atom stereocenters. The van der Waals surface area contributed by atoms with Crippen LogP contribution in [-0.2, 0) is 16.5 Å². The Morgan fingerprint density at radius 1 is 1.07 bits per heavy atom. The summed E-state index contributed by atoms with van der Waals surface area (Å²) in [6.07, 6.45) is 3.37. The molecule has 0 amide bonds. The fourth-order valence-electron chi connectivity index (χ4n) is 3.14. The quantitative estimate of drug-likeness (QED) is 0.544. The minimum Gasteiger partial charge on any atom is -0.282 e.